The van der Waals surface area contributed by atoms with Gasteiger partial charge in [0.05, 0.1) is 16.9 Å². The summed E-state index contributed by atoms with van der Waals surface area (Å²) in [5.74, 6) is 0.170. The molecule has 0 bridgehead atoms. The fourth-order valence-corrected chi connectivity index (χ4v) is 4.16. The van der Waals surface area contributed by atoms with E-state index in [0.29, 0.717) is 23.1 Å². The van der Waals surface area contributed by atoms with E-state index < -0.39 is 0 Å². The number of carbonyl (C=O) groups is 1. The lowest BCUT2D eigenvalue weighted by Gasteiger charge is -2.15. The van der Waals surface area contributed by atoms with Gasteiger partial charge in [-0.2, -0.15) is 0 Å². The summed E-state index contributed by atoms with van der Waals surface area (Å²) in [5, 5.41) is 11.8. The monoisotopic (exact) mass is 390 g/mol. The summed E-state index contributed by atoms with van der Waals surface area (Å²) in [6.45, 7) is 3.16. The molecule has 1 amide bonds. The number of ether oxygens (including phenoxy) is 1. The van der Waals surface area contributed by atoms with E-state index in [1.807, 2.05) is 11.5 Å². The third-order valence-corrected chi connectivity index (χ3v) is 5.93. The molecular weight excluding hydrogens is 367 g/mol. The third kappa shape index (κ3) is 4.16. The molecule has 0 spiro atoms. The highest BCUT2D eigenvalue weighted by Gasteiger charge is 2.32. The molecule has 1 aliphatic carbocycles. The molecule has 2 unspecified atom stereocenters. The van der Waals surface area contributed by atoms with Crippen LogP contribution in [0.15, 0.2) is 29.4 Å². The normalized spacial score (nSPS) is 20.6. The summed E-state index contributed by atoms with van der Waals surface area (Å²) in [4.78, 5) is 12.4. The predicted molar refractivity (Wildman–Crippen MR) is 101 cm³/mol. The fourth-order valence-electron chi connectivity index (χ4n) is 3.22. The maximum Gasteiger partial charge on any atom is 0.233 e. The Balaban J connectivity index is 1.47. The zero-order valence-electron chi connectivity index (χ0n) is 15.2. The number of aromatic nitrogens is 3. The Hall–Kier alpha value is -1.93. The van der Waals surface area contributed by atoms with Crippen molar-refractivity contribution in [3.8, 4) is 11.4 Å². The minimum absolute atomic E-state index is 0.0479. The van der Waals surface area contributed by atoms with Crippen LogP contribution in [0, 0.1) is 5.82 Å². The number of rotatable bonds is 7. The van der Waals surface area contributed by atoms with Crippen LogP contribution in [0.2, 0.25) is 0 Å². The summed E-state index contributed by atoms with van der Waals surface area (Å²) < 4.78 is 21.7. The van der Waals surface area contributed by atoms with Crippen molar-refractivity contribution in [2.45, 2.75) is 55.2 Å². The molecule has 2 aromatic rings. The predicted octanol–water partition coefficient (Wildman–Crippen LogP) is 3.19. The van der Waals surface area contributed by atoms with Gasteiger partial charge in [0.15, 0.2) is 11.0 Å². The van der Waals surface area contributed by atoms with Crippen molar-refractivity contribution in [3.05, 3.63) is 30.1 Å². The highest BCUT2D eigenvalue weighted by molar-refractivity contribution is 8.00. The second kappa shape index (κ2) is 7.98. The Labute approximate surface area is 161 Å². The van der Waals surface area contributed by atoms with Gasteiger partial charge in [0.2, 0.25) is 5.91 Å². The lowest BCUT2D eigenvalue weighted by atomic mass is 10.2. The number of nitrogens with zero attached hydrogens (tertiary/aromatic N) is 3. The first-order valence-electron chi connectivity index (χ1n) is 9.39. The molecular formula is C19H23FN4O2S. The summed E-state index contributed by atoms with van der Waals surface area (Å²) in [6, 6.07) is 6.87. The van der Waals surface area contributed by atoms with E-state index in [4.69, 9.17) is 4.74 Å². The van der Waals surface area contributed by atoms with Crippen LogP contribution in [0.5, 0.6) is 0 Å². The zero-order valence-corrected chi connectivity index (χ0v) is 16.0. The van der Waals surface area contributed by atoms with Crippen LogP contribution in [0.4, 0.5) is 4.39 Å². The first-order chi connectivity index (χ1) is 13.1. The number of benzene rings is 1. The highest BCUT2D eigenvalue weighted by Crippen LogP contribution is 2.42. The van der Waals surface area contributed by atoms with Gasteiger partial charge in [-0.05, 0) is 44.7 Å². The Morgan fingerprint density at radius 1 is 1.37 bits per heavy atom. The van der Waals surface area contributed by atoms with E-state index in [1.165, 1.54) is 17.8 Å². The smallest absolute Gasteiger partial charge is 0.233 e. The van der Waals surface area contributed by atoms with Crippen molar-refractivity contribution in [1.82, 2.24) is 20.1 Å². The van der Waals surface area contributed by atoms with Gasteiger partial charge in [0.25, 0.3) is 0 Å². The van der Waals surface area contributed by atoms with Crippen LogP contribution in [0.25, 0.3) is 11.4 Å². The zero-order chi connectivity index (χ0) is 18.8. The van der Waals surface area contributed by atoms with Crippen LogP contribution in [0.1, 0.15) is 38.6 Å². The van der Waals surface area contributed by atoms with E-state index >= 15 is 0 Å². The molecule has 2 atom stereocenters. The van der Waals surface area contributed by atoms with E-state index in [9.17, 15) is 9.18 Å². The second-order valence-electron chi connectivity index (χ2n) is 7.03. The number of hydrogen-bond acceptors (Lipinski definition) is 5. The standard InChI is InChI=1S/C19H23FN4O2S/c1-12(18(25)21-11-14-5-4-10-26-14)27-19-23-22-17(24(19)13-8-9-13)15-6-2-3-7-16(15)20/h2-3,6-7,12-14H,4-5,8-11H2,1H3,(H,21,25). The number of amides is 1. The van der Waals surface area contributed by atoms with Gasteiger partial charge < -0.3 is 10.1 Å². The Kier molecular flexibility index (Phi) is 5.45. The first-order valence-corrected chi connectivity index (χ1v) is 10.3. The van der Waals surface area contributed by atoms with Crippen molar-refractivity contribution < 1.29 is 13.9 Å². The molecule has 1 aliphatic heterocycles. The Morgan fingerprint density at radius 2 is 2.19 bits per heavy atom. The third-order valence-electron chi connectivity index (χ3n) is 4.87. The van der Waals surface area contributed by atoms with Crippen molar-refractivity contribution in [1.29, 1.82) is 0 Å². The molecule has 6 nitrogen and oxygen atoms in total. The van der Waals surface area contributed by atoms with Crippen molar-refractivity contribution in [2.24, 2.45) is 0 Å². The quantitative estimate of drug-likeness (QED) is 0.736. The molecule has 4 rings (SSSR count). The number of hydrogen-bond donors (Lipinski definition) is 1. The molecule has 8 heteroatoms. The van der Waals surface area contributed by atoms with Crippen LogP contribution >= 0.6 is 11.8 Å². The lowest BCUT2D eigenvalue weighted by molar-refractivity contribution is -0.120. The van der Waals surface area contributed by atoms with Crippen LogP contribution in [-0.4, -0.2) is 45.2 Å². The second-order valence-corrected chi connectivity index (χ2v) is 8.34. The van der Waals surface area contributed by atoms with E-state index in [2.05, 4.69) is 15.5 Å². The van der Waals surface area contributed by atoms with Gasteiger partial charge in [-0.1, -0.05) is 23.9 Å². The van der Waals surface area contributed by atoms with Gasteiger partial charge in [-0.3, -0.25) is 9.36 Å². The molecule has 1 saturated heterocycles. The number of carbonyl (C=O) groups excluding carboxylic acids is 1. The maximum absolute atomic E-state index is 14.2. The lowest BCUT2D eigenvalue weighted by Crippen LogP contribution is -2.36. The SMILES string of the molecule is CC(Sc1nnc(-c2ccccc2F)n1C1CC1)C(=O)NCC1CCCO1. The molecule has 0 radical (unpaired) electrons. The summed E-state index contributed by atoms with van der Waals surface area (Å²) >= 11 is 1.36. The summed E-state index contributed by atoms with van der Waals surface area (Å²) in [5.41, 5.74) is 0.444. The van der Waals surface area contributed by atoms with Crippen LogP contribution < -0.4 is 5.32 Å². The Bertz CT molecular complexity index is 818. The van der Waals surface area contributed by atoms with Gasteiger partial charge in [0, 0.05) is 19.2 Å². The topological polar surface area (TPSA) is 69.0 Å². The molecule has 2 heterocycles. The number of thioether (sulfide) groups is 1. The van der Waals surface area contributed by atoms with Crippen LogP contribution in [-0.2, 0) is 9.53 Å². The summed E-state index contributed by atoms with van der Waals surface area (Å²) in [6.07, 6.45) is 4.20. The molecule has 2 aliphatic rings. The van der Waals surface area contributed by atoms with E-state index in [-0.39, 0.29) is 29.1 Å². The van der Waals surface area contributed by atoms with E-state index in [0.717, 1.165) is 32.3 Å². The molecule has 27 heavy (non-hydrogen) atoms. The minimum Gasteiger partial charge on any atom is -0.376 e. The van der Waals surface area contributed by atoms with Crippen molar-refractivity contribution in [2.75, 3.05) is 13.2 Å². The number of nitrogens with one attached hydrogen (secondary N) is 1. The van der Waals surface area contributed by atoms with Gasteiger partial charge in [-0.25, -0.2) is 4.39 Å². The average molecular weight is 390 g/mol. The molecule has 1 aromatic carbocycles. The van der Waals surface area contributed by atoms with Gasteiger partial charge in [0.1, 0.15) is 5.82 Å². The minimum atomic E-state index is -0.318. The molecule has 2 fully saturated rings. The van der Waals surface area contributed by atoms with Crippen LogP contribution in [0.3, 0.4) is 0 Å². The van der Waals surface area contributed by atoms with Crippen molar-refractivity contribution in [3.63, 3.8) is 0 Å². The fraction of sp³-hybridized carbons (Fsp3) is 0.526. The van der Waals surface area contributed by atoms with Gasteiger partial charge in [-0.15, -0.1) is 10.2 Å². The molecule has 1 saturated carbocycles. The number of halogens is 1. The Morgan fingerprint density at radius 3 is 2.89 bits per heavy atom. The maximum atomic E-state index is 14.2. The molecule has 144 valence electrons. The van der Waals surface area contributed by atoms with Gasteiger partial charge >= 0.3 is 0 Å². The average Bonchev–Trinajstić information content (AvgIpc) is 3.21. The first kappa shape index (κ1) is 18.4. The van der Waals surface area contributed by atoms with E-state index in [1.54, 1.807) is 18.2 Å². The molecule has 1 aromatic heterocycles. The largest absolute Gasteiger partial charge is 0.376 e. The van der Waals surface area contributed by atoms with Crippen molar-refractivity contribution >= 4 is 17.7 Å². The summed E-state index contributed by atoms with van der Waals surface area (Å²) in [7, 11) is 0. The molecule has 1 N–H and O–H groups in total. The highest BCUT2D eigenvalue weighted by atomic mass is 32.2.